The second kappa shape index (κ2) is 14.0. The largest absolute Gasteiger partial charge is 0.497 e. The first-order valence-electron chi connectivity index (χ1n) is 11.9. The molecule has 0 aliphatic heterocycles. The molecule has 0 fully saturated rings. The molecule has 36 heavy (non-hydrogen) atoms. The summed E-state index contributed by atoms with van der Waals surface area (Å²) in [6, 6.07) is 24.3. The van der Waals surface area contributed by atoms with Gasteiger partial charge in [0.25, 0.3) is 0 Å². The zero-order chi connectivity index (χ0) is 25.9. The van der Waals surface area contributed by atoms with Crippen LogP contribution < -0.4 is 10.1 Å². The number of ether oxygens (including phenoxy) is 1. The van der Waals surface area contributed by atoms with E-state index >= 15 is 0 Å². The maximum atomic E-state index is 13.6. The Balaban J connectivity index is 1.83. The molecule has 3 aromatic carbocycles. The third-order valence-electron chi connectivity index (χ3n) is 5.65. The third-order valence-corrected chi connectivity index (χ3v) is 7.01. The molecule has 0 radical (unpaired) electrons. The Labute approximate surface area is 223 Å². The molecular formula is C29H33ClN2O3S. The SMILES string of the molecule is COc1ccc(CSCC(=O)N(Cc2ccccc2Cl)[C@H](Cc2ccccc2)C(=O)NC(C)C)cc1. The quantitative estimate of drug-likeness (QED) is 0.328. The van der Waals surface area contributed by atoms with Crippen LogP contribution in [0.25, 0.3) is 0 Å². The van der Waals surface area contributed by atoms with Gasteiger partial charge in [0.05, 0.1) is 12.9 Å². The summed E-state index contributed by atoms with van der Waals surface area (Å²) in [7, 11) is 1.64. The maximum absolute atomic E-state index is 13.6. The van der Waals surface area contributed by atoms with Crippen LogP contribution in [0.5, 0.6) is 5.75 Å². The highest BCUT2D eigenvalue weighted by Gasteiger charge is 2.31. The minimum absolute atomic E-state index is 0.0440. The Morgan fingerprint density at radius 2 is 1.61 bits per heavy atom. The van der Waals surface area contributed by atoms with E-state index in [-0.39, 0.29) is 30.2 Å². The standard InChI is InChI=1S/C29H33ClN2O3S/c1-21(2)31-29(34)27(17-22-9-5-4-6-10-22)32(18-24-11-7-8-12-26(24)30)28(33)20-36-19-23-13-15-25(35-3)16-14-23/h4-16,21,27H,17-20H2,1-3H3,(H,31,34)/t27-/m1/s1. The van der Waals surface area contributed by atoms with E-state index in [1.54, 1.807) is 18.1 Å². The fraction of sp³-hybridized carbons (Fsp3) is 0.310. The Bertz CT molecular complexity index is 1120. The minimum atomic E-state index is -0.667. The topological polar surface area (TPSA) is 58.6 Å². The summed E-state index contributed by atoms with van der Waals surface area (Å²) in [6.45, 7) is 4.09. The smallest absolute Gasteiger partial charge is 0.243 e. The Morgan fingerprint density at radius 3 is 2.25 bits per heavy atom. The van der Waals surface area contributed by atoms with Crippen LogP contribution in [0.2, 0.25) is 5.02 Å². The van der Waals surface area contributed by atoms with E-state index in [9.17, 15) is 9.59 Å². The Morgan fingerprint density at radius 1 is 0.944 bits per heavy atom. The molecule has 190 valence electrons. The van der Waals surface area contributed by atoms with Gasteiger partial charge in [-0.2, -0.15) is 0 Å². The van der Waals surface area contributed by atoms with Gasteiger partial charge in [-0.05, 0) is 48.7 Å². The monoisotopic (exact) mass is 524 g/mol. The normalized spacial score (nSPS) is 11.7. The highest BCUT2D eigenvalue weighted by Crippen LogP contribution is 2.22. The number of carbonyl (C=O) groups excluding carboxylic acids is 2. The van der Waals surface area contributed by atoms with E-state index in [2.05, 4.69) is 5.32 Å². The molecule has 5 nitrogen and oxygen atoms in total. The van der Waals surface area contributed by atoms with Crippen molar-refractivity contribution in [2.75, 3.05) is 12.9 Å². The van der Waals surface area contributed by atoms with Gasteiger partial charge in [0.2, 0.25) is 11.8 Å². The minimum Gasteiger partial charge on any atom is -0.497 e. The van der Waals surface area contributed by atoms with Gasteiger partial charge in [0, 0.05) is 29.8 Å². The van der Waals surface area contributed by atoms with Gasteiger partial charge >= 0.3 is 0 Å². The van der Waals surface area contributed by atoms with Gasteiger partial charge in [0.15, 0.2) is 0 Å². The highest BCUT2D eigenvalue weighted by atomic mass is 35.5. The summed E-state index contributed by atoms with van der Waals surface area (Å²) < 4.78 is 5.22. The van der Waals surface area contributed by atoms with E-state index in [1.165, 1.54) is 11.8 Å². The molecule has 3 rings (SSSR count). The average Bonchev–Trinajstić information content (AvgIpc) is 2.87. The van der Waals surface area contributed by atoms with E-state index in [0.717, 1.165) is 22.4 Å². The number of nitrogens with zero attached hydrogens (tertiary/aromatic N) is 1. The maximum Gasteiger partial charge on any atom is 0.243 e. The number of hydrogen-bond donors (Lipinski definition) is 1. The lowest BCUT2D eigenvalue weighted by Crippen LogP contribution is -2.52. The summed E-state index contributed by atoms with van der Waals surface area (Å²) >= 11 is 7.98. The first-order valence-corrected chi connectivity index (χ1v) is 13.5. The van der Waals surface area contributed by atoms with Crippen molar-refractivity contribution in [1.82, 2.24) is 10.2 Å². The van der Waals surface area contributed by atoms with Crippen molar-refractivity contribution in [3.8, 4) is 5.75 Å². The van der Waals surface area contributed by atoms with Crippen LogP contribution >= 0.6 is 23.4 Å². The van der Waals surface area contributed by atoms with Crippen molar-refractivity contribution in [3.05, 3.63) is 101 Å². The van der Waals surface area contributed by atoms with Gasteiger partial charge in [-0.15, -0.1) is 11.8 Å². The van der Waals surface area contributed by atoms with Gasteiger partial charge < -0.3 is 15.0 Å². The number of amides is 2. The molecule has 3 aromatic rings. The first-order chi connectivity index (χ1) is 17.4. The van der Waals surface area contributed by atoms with Gasteiger partial charge in [-0.3, -0.25) is 9.59 Å². The van der Waals surface area contributed by atoms with Crippen LogP contribution in [-0.2, 0) is 28.3 Å². The molecule has 0 spiro atoms. The summed E-state index contributed by atoms with van der Waals surface area (Å²) in [4.78, 5) is 28.7. The molecule has 7 heteroatoms. The summed E-state index contributed by atoms with van der Waals surface area (Å²) in [5.41, 5.74) is 2.90. The molecule has 0 aromatic heterocycles. The highest BCUT2D eigenvalue weighted by molar-refractivity contribution is 7.99. The second-order valence-corrected chi connectivity index (χ2v) is 10.2. The van der Waals surface area contributed by atoms with Crippen molar-refractivity contribution < 1.29 is 14.3 Å². The molecule has 0 saturated heterocycles. The molecule has 1 N–H and O–H groups in total. The molecule has 1 atom stereocenters. The molecule has 0 aliphatic rings. The number of methoxy groups -OCH3 is 1. The zero-order valence-electron chi connectivity index (χ0n) is 20.9. The lowest BCUT2D eigenvalue weighted by Gasteiger charge is -2.32. The molecule has 0 heterocycles. The molecule has 0 aliphatic carbocycles. The number of nitrogens with one attached hydrogen (secondary N) is 1. The number of carbonyl (C=O) groups is 2. The van der Waals surface area contributed by atoms with Gasteiger partial charge in [0.1, 0.15) is 11.8 Å². The van der Waals surface area contributed by atoms with Crippen molar-refractivity contribution in [3.63, 3.8) is 0 Å². The number of benzene rings is 3. The Kier molecular flexibility index (Phi) is 10.7. The molecule has 0 saturated carbocycles. The summed E-state index contributed by atoms with van der Waals surface area (Å²) in [5, 5.41) is 3.58. The average molecular weight is 525 g/mol. The predicted molar refractivity (Wildman–Crippen MR) is 148 cm³/mol. The second-order valence-electron chi connectivity index (χ2n) is 8.82. The fourth-order valence-electron chi connectivity index (χ4n) is 3.81. The van der Waals surface area contributed by atoms with Crippen LogP contribution in [0, 0.1) is 0 Å². The molecule has 0 unspecified atom stereocenters. The number of rotatable bonds is 12. The molecule has 2 amide bonds. The predicted octanol–water partition coefficient (Wildman–Crippen LogP) is 5.75. The van der Waals surface area contributed by atoms with Crippen LogP contribution in [0.15, 0.2) is 78.9 Å². The van der Waals surface area contributed by atoms with E-state index in [4.69, 9.17) is 16.3 Å². The number of hydrogen-bond acceptors (Lipinski definition) is 4. The van der Waals surface area contributed by atoms with Crippen LogP contribution in [0.3, 0.4) is 0 Å². The van der Waals surface area contributed by atoms with Crippen molar-refractivity contribution >= 4 is 35.2 Å². The van der Waals surface area contributed by atoms with E-state index in [1.807, 2.05) is 86.6 Å². The summed E-state index contributed by atoms with van der Waals surface area (Å²) in [5.74, 6) is 1.45. The third kappa shape index (κ3) is 8.32. The van der Waals surface area contributed by atoms with Crippen molar-refractivity contribution in [1.29, 1.82) is 0 Å². The first kappa shape index (κ1) is 27.6. The lowest BCUT2D eigenvalue weighted by molar-refractivity contribution is -0.139. The lowest BCUT2D eigenvalue weighted by atomic mass is 10.0. The zero-order valence-corrected chi connectivity index (χ0v) is 22.5. The van der Waals surface area contributed by atoms with Gasteiger partial charge in [-0.1, -0.05) is 72.3 Å². The van der Waals surface area contributed by atoms with Crippen LogP contribution in [0.4, 0.5) is 0 Å². The Hall–Kier alpha value is -2.96. The van der Waals surface area contributed by atoms with E-state index < -0.39 is 6.04 Å². The van der Waals surface area contributed by atoms with Crippen molar-refractivity contribution in [2.45, 2.75) is 44.6 Å². The number of halogens is 1. The fourth-order valence-corrected chi connectivity index (χ4v) is 4.87. The molecule has 0 bridgehead atoms. The summed E-state index contributed by atoms with van der Waals surface area (Å²) in [6.07, 6.45) is 0.415. The number of thioether (sulfide) groups is 1. The van der Waals surface area contributed by atoms with E-state index in [0.29, 0.717) is 17.2 Å². The van der Waals surface area contributed by atoms with Crippen LogP contribution in [0.1, 0.15) is 30.5 Å². The van der Waals surface area contributed by atoms with Gasteiger partial charge in [-0.25, -0.2) is 0 Å². The van der Waals surface area contributed by atoms with Crippen LogP contribution in [-0.4, -0.2) is 41.7 Å². The molecular weight excluding hydrogens is 492 g/mol. The van der Waals surface area contributed by atoms with Crippen molar-refractivity contribution in [2.24, 2.45) is 0 Å².